The summed E-state index contributed by atoms with van der Waals surface area (Å²) < 4.78 is 5.30. The van der Waals surface area contributed by atoms with Gasteiger partial charge < -0.3 is 9.84 Å². The Morgan fingerprint density at radius 1 is 1.43 bits per heavy atom. The number of methoxy groups -OCH3 is 1. The van der Waals surface area contributed by atoms with Gasteiger partial charge in [0.15, 0.2) is 0 Å². The van der Waals surface area contributed by atoms with Gasteiger partial charge in [-0.25, -0.2) is 0 Å². The van der Waals surface area contributed by atoms with Crippen LogP contribution in [0.2, 0.25) is 0 Å². The minimum Gasteiger partial charge on any atom is -0.390 e. The van der Waals surface area contributed by atoms with Gasteiger partial charge in [-0.2, -0.15) is 0 Å². The maximum absolute atomic E-state index is 10.3. The maximum atomic E-state index is 10.3. The second-order valence-electron chi connectivity index (χ2n) is 4.88. The van der Waals surface area contributed by atoms with Crippen LogP contribution in [0, 0.1) is 5.92 Å². The van der Waals surface area contributed by atoms with E-state index in [0.29, 0.717) is 12.0 Å². The average Bonchev–Trinajstić information content (AvgIpc) is 2.18. The normalized spacial score (nSPS) is 35.6. The summed E-state index contributed by atoms with van der Waals surface area (Å²) in [5, 5.41) is 10.3. The molecule has 1 rings (SSSR count). The molecule has 0 saturated heterocycles. The van der Waals surface area contributed by atoms with Crippen LogP contribution in [0.5, 0.6) is 0 Å². The molecule has 0 aromatic carbocycles. The molecule has 84 valence electrons. The zero-order valence-corrected chi connectivity index (χ0v) is 9.75. The van der Waals surface area contributed by atoms with Crippen molar-refractivity contribution < 1.29 is 9.84 Å². The van der Waals surface area contributed by atoms with Crippen molar-refractivity contribution in [2.24, 2.45) is 5.92 Å². The Kier molecular flexibility index (Phi) is 4.39. The highest BCUT2D eigenvalue weighted by Gasteiger charge is 2.33. The summed E-state index contributed by atoms with van der Waals surface area (Å²) in [6, 6.07) is 0. The van der Waals surface area contributed by atoms with Crippen molar-refractivity contribution in [1.29, 1.82) is 0 Å². The Morgan fingerprint density at radius 3 is 2.43 bits per heavy atom. The zero-order valence-electron chi connectivity index (χ0n) is 9.75. The first-order chi connectivity index (χ1) is 6.59. The molecule has 1 aliphatic rings. The maximum Gasteiger partial charge on any atom is 0.0652 e. The highest BCUT2D eigenvalue weighted by Crippen LogP contribution is 2.34. The predicted octanol–water partition coefficient (Wildman–Crippen LogP) is 2.74. The summed E-state index contributed by atoms with van der Waals surface area (Å²) in [6.45, 7) is 4.41. The van der Waals surface area contributed by atoms with Crippen molar-refractivity contribution in [3.8, 4) is 0 Å². The molecule has 1 saturated carbocycles. The zero-order chi connectivity index (χ0) is 10.6. The molecule has 0 aliphatic heterocycles. The molecule has 1 aliphatic carbocycles. The van der Waals surface area contributed by atoms with Gasteiger partial charge in [-0.3, -0.25) is 0 Å². The number of hydrogen-bond donors (Lipinski definition) is 1. The molecule has 0 aromatic heterocycles. The van der Waals surface area contributed by atoms with Crippen LogP contribution >= 0.6 is 0 Å². The summed E-state index contributed by atoms with van der Waals surface area (Å²) in [6.07, 6.45) is 6.36. The standard InChI is InChI=1S/C12H24O2/c1-4-10(2)9-12(13)7-5-11(14-3)6-8-12/h10-11,13H,4-9H2,1-3H3. The fraction of sp³-hybridized carbons (Fsp3) is 1.00. The third kappa shape index (κ3) is 3.25. The minimum absolute atomic E-state index is 0.382. The van der Waals surface area contributed by atoms with Crippen LogP contribution < -0.4 is 0 Å². The molecule has 1 atom stereocenters. The first-order valence-electron chi connectivity index (χ1n) is 5.85. The molecule has 2 heteroatoms. The Balaban J connectivity index is 2.37. The van der Waals surface area contributed by atoms with Crippen molar-refractivity contribution >= 4 is 0 Å². The topological polar surface area (TPSA) is 29.5 Å². The molecule has 1 N–H and O–H groups in total. The Bertz CT molecular complexity index is 160. The molecule has 14 heavy (non-hydrogen) atoms. The lowest BCUT2D eigenvalue weighted by Gasteiger charge is -2.37. The van der Waals surface area contributed by atoms with Crippen molar-refractivity contribution in [3.63, 3.8) is 0 Å². The van der Waals surface area contributed by atoms with E-state index in [-0.39, 0.29) is 0 Å². The van der Waals surface area contributed by atoms with Crippen LogP contribution in [0.3, 0.4) is 0 Å². The van der Waals surface area contributed by atoms with Gasteiger partial charge in [0, 0.05) is 7.11 Å². The van der Waals surface area contributed by atoms with E-state index in [1.54, 1.807) is 7.11 Å². The van der Waals surface area contributed by atoms with Crippen LogP contribution in [0.4, 0.5) is 0 Å². The van der Waals surface area contributed by atoms with E-state index >= 15 is 0 Å². The van der Waals surface area contributed by atoms with Gasteiger partial charge in [0.2, 0.25) is 0 Å². The summed E-state index contributed by atoms with van der Waals surface area (Å²) in [7, 11) is 1.77. The number of hydrogen-bond acceptors (Lipinski definition) is 2. The van der Waals surface area contributed by atoms with Crippen molar-refractivity contribution in [2.75, 3.05) is 7.11 Å². The van der Waals surface area contributed by atoms with E-state index in [1.807, 2.05) is 0 Å². The van der Waals surface area contributed by atoms with Gasteiger partial charge in [0.05, 0.1) is 11.7 Å². The Hall–Kier alpha value is -0.0800. The third-order valence-electron chi connectivity index (χ3n) is 3.62. The van der Waals surface area contributed by atoms with E-state index in [0.717, 1.165) is 38.5 Å². The van der Waals surface area contributed by atoms with E-state index in [9.17, 15) is 5.11 Å². The first kappa shape index (κ1) is 12.0. The van der Waals surface area contributed by atoms with Crippen LogP contribution in [-0.4, -0.2) is 23.9 Å². The average molecular weight is 200 g/mol. The second kappa shape index (κ2) is 5.13. The highest BCUT2D eigenvalue weighted by atomic mass is 16.5. The number of rotatable bonds is 4. The summed E-state index contributed by atoms with van der Waals surface area (Å²) in [4.78, 5) is 0. The second-order valence-corrected chi connectivity index (χ2v) is 4.88. The van der Waals surface area contributed by atoms with Crippen molar-refractivity contribution in [3.05, 3.63) is 0 Å². The van der Waals surface area contributed by atoms with Crippen LogP contribution in [0.1, 0.15) is 52.4 Å². The van der Waals surface area contributed by atoms with Gasteiger partial charge in [-0.15, -0.1) is 0 Å². The molecule has 0 amide bonds. The number of aliphatic hydroxyl groups is 1. The SMILES string of the molecule is CCC(C)CC1(O)CCC(OC)CC1. The van der Waals surface area contributed by atoms with Gasteiger partial charge in [0.25, 0.3) is 0 Å². The highest BCUT2D eigenvalue weighted by molar-refractivity contribution is 4.86. The van der Waals surface area contributed by atoms with Crippen molar-refractivity contribution in [2.45, 2.75) is 64.1 Å². The van der Waals surface area contributed by atoms with Crippen LogP contribution in [0.15, 0.2) is 0 Å². The monoisotopic (exact) mass is 200 g/mol. The molecule has 1 unspecified atom stereocenters. The quantitative estimate of drug-likeness (QED) is 0.756. The van der Waals surface area contributed by atoms with E-state index < -0.39 is 5.60 Å². The molecular formula is C12H24O2. The lowest BCUT2D eigenvalue weighted by Crippen LogP contribution is -2.37. The van der Waals surface area contributed by atoms with E-state index in [1.165, 1.54) is 0 Å². The lowest BCUT2D eigenvalue weighted by atomic mass is 9.77. The number of ether oxygens (including phenoxy) is 1. The fourth-order valence-corrected chi connectivity index (χ4v) is 2.36. The molecule has 0 bridgehead atoms. The smallest absolute Gasteiger partial charge is 0.0652 e. The van der Waals surface area contributed by atoms with Crippen molar-refractivity contribution in [1.82, 2.24) is 0 Å². The molecule has 1 fully saturated rings. The summed E-state index contributed by atoms with van der Waals surface area (Å²) in [5.41, 5.74) is -0.398. The third-order valence-corrected chi connectivity index (χ3v) is 3.62. The Labute approximate surface area is 87.7 Å². The van der Waals surface area contributed by atoms with E-state index in [4.69, 9.17) is 4.74 Å². The molecule has 0 radical (unpaired) electrons. The van der Waals surface area contributed by atoms with Gasteiger partial charge in [0.1, 0.15) is 0 Å². The largest absolute Gasteiger partial charge is 0.390 e. The molecular weight excluding hydrogens is 176 g/mol. The first-order valence-corrected chi connectivity index (χ1v) is 5.85. The minimum atomic E-state index is -0.398. The fourth-order valence-electron chi connectivity index (χ4n) is 2.36. The molecule has 0 aromatic rings. The molecule has 0 heterocycles. The van der Waals surface area contributed by atoms with Crippen LogP contribution in [-0.2, 0) is 4.74 Å². The summed E-state index contributed by atoms with van der Waals surface area (Å²) >= 11 is 0. The molecule has 0 spiro atoms. The predicted molar refractivity (Wildman–Crippen MR) is 58.3 cm³/mol. The Morgan fingerprint density at radius 2 is 2.00 bits per heavy atom. The van der Waals surface area contributed by atoms with Gasteiger partial charge in [-0.1, -0.05) is 20.3 Å². The van der Waals surface area contributed by atoms with Crippen LogP contribution in [0.25, 0.3) is 0 Å². The van der Waals surface area contributed by atoms with Gasteiger partial charge >= 0.3 is 0 Å². The van der Waals surface area contributed by atoms with E-state index in [2.05, 4.69) is 13.8 Å². The summed E-state index contributed by atoms with van der Waals surface area (Å²) in [5.74, 6) is 0.638. The lowest BCUT2D eigenvalue weighted by molar-refractivity contribution is -0.0559. The molecule has 2 nitrogen and oxygen atoms in total. The van der Waals surface area contributed by atoms with Gasteiger partial charge in [-0.05, 0) is 38.0 Å².